The lowest BCUT2D eigenvalue weighted by Crippen LogP contribution is -2.55. The predicted octanol–water partition coefficient (Wildman–Crippen LogP) is 6.37. The molecular weight excluding hydrogens is 804 g/mol. The van der Waals surface area contributed by atoms with Crippen LogP contribution in [0.3, 0.4) is 0 Å². The van der Waals surface area contributed by atoms with Gasteiger partial charge in [-0.3, -0.25) is 9.59 Å². The largest absolute Gasteiger partial charge is 0.480 e. The molecule has 2 saturated carbocycles. The van der Waals surface area contributed by atoms with Crippen molar-refractivity contribution < 1.29 is 38.6 Å². The first-order valence-electron chi connectivity index (χ1n) is 19.9. The lowest BCUT2D eigenvalue weighted by molar-refractivity contribution is -0.151. The molecule has 0 radical (unpaired) electrons. The molecule has 314 valence electrons. The van der Waals surface area contributed by atoms with E-state index in [1.165, 1.54) is 24.9 Å². The summed E-state index contributed by atoms with van der Waals surface area (Å²) in [4.78, 5) is 66.8. The van der Waals surface area contributed by atoms with Gasteiger partial charge in [0.25, 0.3) is 0 Å². The second kappa shape index (κ2) is 20.7. The van der Waals surface area contributed by atoms with Crippen LogP contribution < -0.4 is 11.1 Å². The number of nitrogens with zero attached hydrogens (tertiary/aromatic N) is 2. The van der Waals surface area contributed by atoms with Gasteiger partial charge >= 0.3 is 18.0 Å². The van der Waals surface area contributed by atoms with Gasteiger partial charge in [0, 0.05) is 25.9 Å². The van der Waals surface area contributed by atoms with Crippen molar-refractivity contribution in [2.75, 3.05) is 43.2 Å². The van der Waals surface area contributed by atoms with Crippen LogP contribution in [0.4, 0.5) is 4.79 Å². The standard InChI is InChI=1S/C21H34N2O5S2.C17H28N2O3S2.ClH/c1-20(2,3)28-19(27)22-16(14-8-5-4-6-9-14)17(24)23-13-21(12-15(23)18(25)26)29-10-7-11-30-21;1-22-16(21)13-10-17(23-8-5-9-24-17)11-19(13)15(20)14(18)12-6-3-2-4-7-12;/h14-16H,4-13H2,1-3H3,(H,22,27)(H,25,26);12-14H,2-11,18H2,1H3;1H/t15-,16?;13-,14?;/m00./s1. The summed E-state index contributed by atoms with van der Waals surface area (Å²) in [7, 11) is 1.40. The van der Waals surface area contributed by atoms with E-state index in [2.05, 4.69) is 5.32 Å². The number of hydrogen-bond donors (Lipinski definition) is 3. The zero-order valence-corrected chi connectivity index (χ0v) is 37.0. The number of carbonyl (C=O) groups is 5. The Bertz CT molecular complexity index is 1330. The van der Waals surface area contributed by atoms with Crippen molar-refractivity contribution in [2.45, 2.75) is 149 Å². The van der Waals surface area contributed by atoms with Crippen molar-refractivity contribution in [2.24, 2.45) is 17.6 Å². The summed E-state index contributed by atoms with van der Waals surface area (Å²) in [6, 6.07) is -2.54. The first-order chi connectivity index (χ1) is 25.7. The summed E-state index contributed by atoms with van der Waals surface area (Å²) < 4.78 is 10.1. The molecular formula is C38H63ClN4O8S4. The van der Waals surface area contributed by atoms with Crippen LogP contribution >= 0.6 is 59.5 Å². The number of halogens is 1. The van der Waals surface area contributed by atoms with Crippen LogP contribution in [0, 0.1) is 11.8 Å². The van der Waals surface area contributed by atoms with Gasteiger partial charge in [0.2, 0.25) is 11.8 Å². The van der Waals surface area contributed by atoms with Crippen LogP contribution in [-0.4, -0.2) is 126 Å². The highest BCUT2D eigenvalue weighted by atomic mass is 35.5. The topological polar surface area (TPSA) is 169 Å². The van der Waals surface area contributed by atoms with Gasteiger partial charge in [-0.15, -0.1) is 59.5 Å². The van der Waals surface area contributed by atoms with Gasteiger partial charge in [-0.1, -0.05) is 38.5 Å². The molecule has 0 bridgehead atoms. The van der Waals surface area contributed by atoms with Crippen molar-refractivity contribution in [3.63, 3.8) is 0 Å². The molecule has 0 aromatic carbocycles. The molecule has 2 unspecified atom stereocenters. The van der Waals surface area contributed by atoms with E-state index in [0.29, 0.717) is 25.9 Å². The summed E-state index contributed by atoms with van der Waals surface area (Å²) >= 11 is 7.34. The minimum absolute atomic E-state index is 0. The van der Waals surface area contributed by atoms with Crippen LogP contribution in [-0.2, 0) is 28.7 Å². The second-order valence-corrected chi connectivity index (χ2v) is 23.0. The third-order valence-electron chi connectivity index (χ3n) is 11.4. The molecule has 12 nitrogen and oxygen atoms in total. The third kappa shape index (κ3) is 12.2. The molecule has 4 heterocycles. The molecule has 4 atom stereocenters. The van der Waals surface area contributed by atoms with Crippen LogP contribution in [0.1, 0.15) is 111 Å². The van der Waals surface area contributed by atoms with Gasteiger partial charge in [-0.25, -0.2) is 14.4 Å². The van der Waals surface area contributed by atoms with E-state index in [9.17, 15) is 29.1 Å². The van der Waals surface area contributed by atoms with E-state index in [0.717, 1.165) is 87.2 Å². The number of nitrogens with two attached hydrogens (primary N) is 1. The number of carboxylic acids is 1. The van der Waals surface area contributed by atoms with Crippen molar-refractivity contribution in [3.8, 4) is 0 Å². The molecule has 6 rings (SSSR count). The first-order valence-corrected chi connectivity index (χ1v) is 23.8. The summed E-state index contributed by atoms with van der Waals surface area (Å²) in [5.74, 6) is 2.84. The number of aliphatic carboxylic acids is 1. The van der Waals surface area contributed by atoms with E-state index < -0.39 is 41.8 Å². The van der Waals surface area contributed by atoms with Crippen LogP contribution in [0.5, 0.6) is 0 Å². The number of esters is 1. The van der Waals surface area contributed by atoms with E-state index in [1.807, 2.05) is 23.5 Å². The SMILES string of the molecule is CC(C)(C)OC(=O)NC(C(=O)N1CC2(C[C@H]1C(=O)O)SCCCS2)C1CCCCC1.COC(=O)[C@@H]1CC2(CN1C(=O)C(N)C1CCCCC1)SCCCS2.Cl. The lowest BCUT2D eigenvalue weighted by atomic mass is 9.83. The number of nitrogens with one attached hydrogen (secondary N) is 1. The molecule has 17 heteroatoms. The quantitative estimate of drug-likeness (QED) is 0.242. The third-order valence-corrected chi connectivity index (χ3v) is 18.1. The summed E-state index contributed by atoms with van der Waals surface area (Å²) in [6.45, 7) is 6.38. The zero-order chi connectivity index (χ0) is 39.1. The Balaban J connectivity index is 0.000000246. The highest BCUT2D eigenvalue weighted by molar-refractivity contribution is 8.19. The van der Waals surface area contributed by atoms with E-state index in [-0.39, 0.29) is 50.2 Å². The van der Waals surface area contributed by atoms with E-state index >= 15 is 0 Å². The Morgan fingerprint density at radius 1 is 0.727 bits per heavy atom. The van der Waals surface area contributed by atoms with Crippen molar-refractivity contribution in [3.05, 3.63) is 0 Å². The monoisotopic (exact) mass is 866 g/mol. The summed E-state index contributed by atoms with van der Waals surface area (Å²) in [5, 5.41) is 12.7. The van der Waals surface area contributed by atoms with Crippen LogP contribution in [0.25, 0.3) is 0 Å². The highest BCUT2D eigenvalue weighted by Gasteiger charge is 2.53. The normalized spacial score (nSPS) is 26.6. The molecule has 3 amide bonds. The Morgan fingerprint density at radius 2 is 1.18 bits per heavy atom. The molecule has 4 saturated heterocycles. The number of alkyl carbamates (subject to hydrolysis) is 1. The average molecular weight is 868 g/mol. The predicted molar refractivity (Wildman–Crippen MR) is 226 cm³/mol. The van der Waals surface area contributed by atoms with Crippen molar-refractivity contribution in [1.29, 1.82) is 0 Å². The second-order valence-electron chi connectivity index (χ2n) is 16.6. The Hall–Kier alpha value is -1.20. The van der Waals surface area contributed by atoms with E-state index in [4.69, 9.17) is 15.2 Å². The molecule has 6 fully saturated rings. The summed E-state index contributed by atoms with van der Waals surface area (Å²) in [5.41, 5.74) is 5.67. The van der Waals surface area contributed by atoms with Crippen molar-refractivity contribution >= 4 is 89.3 Å². The van der Waals surface area contributed by atoms with Gasteiger partial charge in [-0.05, 0) is 94.1 Å². The summed E-state index contributed by atoms with van der Waals surface area (Å²) in [6.07, 6.45) is 13.3. The Kier molecular flexibility index (Phi) is 17.5. The number of carboxylic acid groups (broad SMARTS) is 1. The number of hydrogen-bond acceptors (Lipinski definition) is 12. The fourth-order valence-corrected chi connectivity index (χ4v) is 15.4. The molecule has 2 aliphatic carbocycles. The molecule has 4 N–H and O–H groups in total. The minimum atomic E-state index is -0.966. The number of rotatable bonds is 7. The number of amides is 3. The number of carbonyl (C=O) groups excluding carboxylic acids is 4. The maximum absolute atomic E-state index is 13.7. The number of ether oxygens (including phenoxy) is 2. The first kappa shape index (κ1) is 46.5. The smallest absolute Gasteiger partial charge is 0.408 e. The molecule has 55 heavy (non-hydrogen) atoms. The van der Waals surface area contributed by atoms with Gasteiger partial charge in [0.05, 0.1) is 21.3 Å². The van der Waals surface area contributed by atoms with Gasteiger partial charge in [0.15, 0.2) is 0 Å². The fraction of sp³-hybridized carbons (Fsp3) is 0.868. The number of methoxy groups -OCH3 is 1. The lowest BCUT2D eigenvalue weighted by Gasteiger charge is -2.35. The maximum Gasteiger partial charge on any atom is 0.408 e. The maximum atomic E-state index is 13.7. The Labute approximate surface area is 350 Å². The highest BCUT2D eigenvalue weighted by Crippen LogP contribution is 2.52. The fourth-order valence-electron chi connectivity index (χ4n) is 8.71. The van der Waals surface area contributed by atoms with Gasteiger partial charge < -0.3 is 35.4 Å². The molecule has 0 aromatic rings. The average Bonchev–Trinajstić information content (AvgIpc) is 3.72. The zero-order valence-electron chi connectivity index (χ0n) is 32.9. The molecule has 2 spiro atoms. The van der Waals surface area contributed by atoms with Crippen molar-refractivity contribution in [1.82, 2.24) is 15.1 Å². The number of likely N-dealkylation sites (tertiary alicyclic amines) is 2. The number of thioether (sulfide) groups is 4. The van der Waals surface area contributed by atoms with Crippen LogP contribution in [0.2, 0.25) is 0 Å². The van der Waals surface area contributed by atoms with E-state index in [1.54, 1.807) is 49.2 Å². The van der Waals surface area contributed by atoms with Gasteiger partial charge in [-0.2, -0.15) is 0 Å². The molecule has 0 aromatic heterocycles. The molecule has 4 aliphatic heterocycles. The van der Waals surface area contributed by atoms with Gasteiger partial charge in [0.1, 0.15) is 23.7 Å². The minimum Gasteiger partial charge on any atom is -0.480 e. The molecule has 6 aliphatic rings. The Morgan fingerprint density at radius 3 is 1.64 bits per heavy atom. The van der Waals surface area contributed by atoms with Crippen LogP contribution in [0.15, 0.2) is 0 Å².